The van der Waals surface area contributed by atoms with Gasteiger partial charge in [0.15, 0.2) is 0 Å². The van der Waals surface area contributed by atoms with E-state index in [0.717, 1.165) is 42.2 Å². The number of alkyl halides is 3. The van der Waals surface area contributed by atoms with Gasteiger partial charge < -0.3 is 24.2 Å². The molecule has 44 heavy (non-hydrogen) atoms. The standard InChI is InChI=1S/C33H37F3N4O4/c1-38(16-19-43-2)32(42)29(22-26-6-4-3-5-7-26)40(24-27-10-14-30(37-23-27)39-17-20-44-21-18-39)31(41)15-11-25-8-12-28(13-9-25)33(34,35)36/h3-15,23,29H,16-22,24H2,1-2H3. The van der Waals surface area contributed by atoms with Gasteiger partial charge in [0, 0.05) is 59.0 Å². The maximum Gasteiger partial charge on any atom is 0.416 e. The first-order chi connectivity index (χ1) is 21.2. The molecule has 1 aliphatic heterocycles. The van der Waals surface area contributed by atoms with Crippen LogP contribution in [0.15, 0.2) is 79.0 Å². The van der Waals surface area contributed by atoms with E-state index in [1.807, 2.05) is 42.5 Å². The quantitative estimate of drug-likeness (QED) is 0.277. The molecule has 2 aromatic carbocycles. The number of aromatic nitrogens is 1. The zero-order chi connectivity index (χ0) is 31.5. The van der Waals surface area contributed by atoms with E-state index >= 15 is 0 Å². The Morgan fingerprint density at radius 1 is 1.02 bits per heavy atom. The molecule has 2 amide bonds. The number of nitrogens with zero attached hydrogens (tertiary/aromatic N) is 4. The molecule has 1 atom stereocenters. The van der Waals surface area contributed by atoms with Crippen LogP contribution < -0.4 is 4.90 Å². The largest absolute Gasteiger partial charge is 0.416 e. The minimum atomic E-state index is -4.46. The van der Waals surface area contributed by atoms with E-state index in [2.05, 4.69) is 9.88 Å². The first-order valence-corrected chi connectivity index (χ1v) is 14.4. The van der Waals surface area contributed by atoms with Crippen LogP contribution in [0.4, 0.5) is 19.0 Å². The average molecular weight is 611 g/mol. The smallest absolute Gasteiger partial charge is 0.383 e. The number of methoxy groups -OCH3 is 1. The fraction of sp³-hybridized carbons (Fsp3) is 0.364. The Morgan fingerprint density at radius 3 is 2.34 bits per heavy atom. The number of carbonyl (C=O) groups is 2. The van der Waals surface area contributed by atoms with Crippen molar-refractivity contribution in [2.45, 2.75) is 25.2 Å². The van der Waals surface area contributed by atoms with Crippen LogP contribution in [0.2, 0.25) is 0 Å². The molecule has 0 saturated carbocycles. The van der Waals surface area contributed by atoms with Gasteiger partial charge in [-0.3, -0.25) is 9.59 Å². The molecule has 1 unspecified atom stereocenters. The van der Waals surface area contributed by atoms with Gasteiger partial charge in [-0.25, -0.2) is 4.98 Å². The number of carbonyl (C=O) groups excluding carboxylic acids is 2. The number of amides is 2. The van der Waals surface area contributed by atoms with Crippen molar-refractivity contribution in [1.82, 2.24) is 14.8 Å². The number of ether oxygens (including phenoxy) is 2. The number of benzene rings is 2. The maximum absolute atomic E-state index is 13.9. The van der Waals surface area contributed by atoms with Crippen molar-refractivity contribution >= 4 is 23.7 Å². The van der Waals surface area contributed by atoms with E-state index in [1.165, 1.54) is 34.1 Å². The lowest BCUT2D eigenvalue weighted by Crippen LogP contribution is -2.51. The zero-order valence-corrected chi connectivity index (χ0v) is 24.9. The van der Waals surface area contributed by atoms with E-state index in [-0.39, 0.29) is 18.9 Å². The number of morpholine rings is 1. The average Bonchev–Trinajstić information content (AvgIpc) is 3.04. The van der Waals surface area contributed by atoms with Gasteiger partial charge in [0.2, 0.25) is 11.8 Å². The molecule has 0 N–H and O–H groups in total. The summed E-state index contributed by atoms with van der Waals surface area (Å²) in [6, 6.07) is 16.9. The van der Waals surface area contributed by atoms with E-state index in [0.29, 0.717) is 31.9 Å². The molecule has 8 nitrogen and oxygen atoms in total. The summed E-state index contributed by atoms with van der Waals surface area (Å²) < 4.78 is 49.7. The summed E-state index contributed by atoms with van der Waals surface area (Å²) in [6.07, 6.45) is 0.242. The molecule has 234 valence electrons. The Morgan fingerprint density at radius 2 is 1.73 bits per heavy atom. The zero-order valence-electron chi connectivity index (χ0n) is 24.9. The van der Waals surface area contributed by atoms with Gasteiger partial charge in [0.05, 0.1) is 25.4 Å². The van der Waals surface area contributed by atoms with Gasteiger partial charge in [0.25, 0.3) is 0 Å². The lowest BCUT2D eigenvalue weighted by Gasteiger charge is -2.33. The van der Waals surface area contributed by atoms with Crippen LogP contribution in [0.5, 0.6) is 0 Å². The van der Waals surface area contributed by atoms with Gasteiger partial charge in [-0.1, -0.05) is 48.5 Å². The highest BCUT2D eigenvalue weighted by atomic mass is 19.4. The molecular weight excluding hydrogens is 573 g/mol. The molecule has 1 aliphatic rings. The number of likely N-dealkylation sites (N-methyl/N-ethyl adjacent to an activating group) is 1. The van der Waals surface area contributed by atoms with E-state index in [9.17, 15) is 22.8 Å². The number of rotatable bonds is 12. The van der Waals surface area contributed by atoms with Crippen LogP contribution in [0.3, 0.4) is 0 Å². The highest BCUT2D eigenvalue weighted by Gasteiger charge is 2.32. The van der Waals surface area contributed by atoms with E-state index in [1.54, 1.807) is 20.4 Å². The lowest BCUT2D eigenvalue weighted by molar-refractivity contribution is -0.143. The van der Waals surface area contributed by atoms with Crippen molar-refractivity contribution in [3.8, 4) is 0 Å². The van der Waals surface area contributed by atoms with Crippen LogP contribution in [0.1, 0.15) is 22.3 Å². The number of halogens is 3. The second-order valence-electron chi connectivity index (χ2n) is 10.5. The molecule has 1 saturated heterocycles. The van der Waals surface area contributed by atoms with Crippen LogP contribution in [0, 0.1) is 0 Å². The SMILES string of the molecule is COCCN(C)C(=O)C(Cc1ccccc1)N(Cc1ccc(N2CCOCC2)nc1)C(=O)C=Cc1ccc(C(F)(F)F)cc1. The van der Waals surface area contributed by atoms with E-state index in [4.69, 9.17) is 9.47 Å². The number of hydrogen-bond acceptors (Lipinski definition) is 6. The normalized spacial score (nSPS) is 14.4. The van der Waals surface area contributed by atoms with Crippen LogP contribution in [-0.4, -0.2) is 86.3 Å². The Balaban J connectivity index is 1.65. The minimum Gasteiger partial charge on any atom is -0.383 e. The summed E-state index contributed by atoms with van der Waals surface area (Å²) in [7, 11) is 3.22. The van der Waals surface area contributed by atoms with Crippen LogP contribution >= 0.6 is 0 Å². The summed E-state index contributed by atoms with van der Waals surface area (Å²) in [4.78, 5) is 37.5. The topological polar surface area (TPSA) is 75.2 Å². The highest BCUT2D eigenvalue weighted by molar-refractivity contribution is 5.95. The number of anilines is 1. The first-order valence-electron chi connectivity index (χ1n) is 14.4. The summed E-state index contributed by atoms with van der Waals surface area (Å²) in [6.45, 7) is 3.46. The second-order valence-corrected chi connectivity index (χ2v) is 10.5. The molecule has 4 rings (SSSR count). The molecule has 0 aliphatic carbocycles. The van der Waals surface area contributed by atoms with Gasteiger partial charge in [0.1, 0.15) is 11.9 Å². The lowest BCUT2D eigenvalue weighted by atomic mass is 10.0. The first kappa shape index (κ1) is 32.7. The van der Waals surface area contributed by atoms with Crippen LogP contribution in [-0.2, 0) is 38.2 Å². The Kier molecular flexibility index (Phi) is 11.5. The second kappa shape index (κ2) is 15.5. The molecule has 0 bridgehead atoms. The maximum atomic E-state index is 13.9. The molecular formula is C33H37F3N4O4. The van der Waals surface area contributed by atoms with Gasteiger partial charge in [-0.05, 0) is 41.0 Å². The predicted octanol–water partition coefficient (Wildman–Crippen LogP) is 4.70. The fourth-order valence-corrected chi connectivity index (χ4v) is 4.84. The number of pyridine rings is 1. The molecule has 11 heteroatoms. The van der Waals surface area contributed by atoms with E-state index < -0.39 is 23.7 Å². The Hall–Kier alpha value is -4.22. The Bertz CT molecular complexity index is 1380. The molecule has 0 radical (unpaired) electrons. The van der Waals surface area contributed by atoms with Crippen molar-refractivity contribution in [2.24, 2.45) is 0 Å². The third-order valence-electron chi connectivity index (χ3n) is 7.38. The molecule has 0 spiro atoms. The van der Waals surface area contributed by atoms with Crippen LogP contribution in [0.25, 0.3) is 6.08 Å². The molecule has 1 aromatic heterocycles. The van der Waals surface area contributed by atoms with Crippen molar-refractivity contribution in [1.29, 1.82) is 0 Å². The van der Waals surface area contributed by atoms with Gasteiger partial charge in [-0.15, -0.1) is 0 Å². The van der Waals surface area contributed by atoms with Gasteiger partial charge in [-0.2, -0.15) is 13.2 Å². The third kappa shape index (κ3) is 9.14. The van der Waals surface area contributed by atoms with Crippen molar-refractivity contribution in [3.63, 3.8) is 0 Å². The summed E-state index contributed by atoms with van der Waals surface area (Å²) in [5.41, 5.74) is 1.24. The summed E-state index contributed by atoms with van der Waals surface area (Å²) in [5.74, 6) is 0.0741. The minimum absolute atomic E-state index is 0.0912. The predicted molar refractivity (Wildman–Crippen MR) is 162 cm³/mol. The molecule has 1 fully saturated rings. The van der Waals surface area contributed by atoms with Crippen molar-refractivity contribution in [3.05, 3.63) is 101 Å². The fourth-order valence-electron chi connectivity index (χ4n) is 4.84. The third-order valence-corrected chi connectivity index (χ3v) is 7.38. The number of hydrogen-bond donors (Lipinski definition) is 0. The summed E-state index contributed by atoms with van der Waals surface area (Å²) in [5, 5.41) is 0. The molecule has 3 aromatic rings. The molecule has 2 heterocycles. The van der Waals surface area contributed by atoms with Gasteiger partial charge >= 0.3 is 6.18 Å². The monoisotopic (exact) mass is 610 g/mol. The van der Waals surface area contributed by atoms with Crippen molar-refractivity contribution < 1.29 is 32.2 Å². The Labute approximate surface area is 255 Å². The van der Waals surface area contributed by atoms with Crippen molar-refractivity contribution in [2.75, 3.05) is 58.5 Å². The highest BCUT2D eigenvalue weighted by Crippen LogP contribution is 2.29. The summed E-state index contributed by atoms with van der Waals surface area (Å²) >= 11 is 0.